The van der Waals surface area contributed by atoms with Crippen LogP contribution in [0.4, 0.5) is 0 Å². The summed E-state index contributed by atoms with van der Waals surface area (Å²) in [5.74, 6) is -0.246. The van der Waals surface area contributed by atoms with E-state index in [0.717, 1.165) is 65.9 Å². The summed E-state index contributed by atoms with van der Waals surface area (Å²) in [6.45, 7) is 6.78. The fourth-order valence-electron chi connectivity index (χ4n) is 6.24. The third kappa shape index (κ3) is 5.74. The maximum Gasteiger partial charge on any atom is 0.184 e. The first-order chi connectivity index (χ1) is 19.6. The second-order valence-corrected chi connectivity index (χ2v) is 11.2. The van der Waals surface area contributed by atoms with Gasteiger partial charge in [0, 0.05) is 50.5 Å². The third-order valence-electron chi connectivity index (χ3n) is 8.72. The molecule has 7 heteroatoms. The number of ether oxygens (including phenoxy) is 4. The van der Waals surface area contributed by atoms with Crippen molar-refractivity contribution in [3.8, 4) is 11.1 Å². The van der Waals surface area contributed by atoms with Gasteiger partial charge >= 0.3 is 0 Å². The molecule has 0 aromatic heterocycles. The number of likely N-dealkylation sites (tertiary alicyclic amines) is 1. The summed E-state index contributed by atoms with van der Waals surface area (Å²) in [6, 6.07) is 24.8. The van der Waals surface area contributed by atoms with E-state index < -0.39 is 6.29 Å². The number of benzene rings is 3. The molecule has 3 heterocycles. The minimum Gasteiger partial charge on any atom is -0.392 e. The molecule has 3 aliphatic heterocycles. The van der Waals surface area contributed by atoms with Crippen LogP contribution in [0.25, 0.3) is 11.1 Å². The van der Waals surface area contributed by atoms with Crippen LogP contribution in [0.3, 0.4) is 0 Å². The smallest absolute Gasteiger partial charge is 0.184 e. The summed E-state index contributed by atoms with van der Waals surface area (Å²) in [7, 11) is 0. The molecule has 0 bridgehead atoms. The van der Waals surface area contributed by atoms with Crippen molar-refractivity contribution in [3.05, 3.63) is 95.1 Å². The molecule has 0 aliphatic carbocycles. The summed E-state index contributed by atoms with van der Waals surface area (Å²) < 4.78 is 25.3. The largest absolute Gasteiger partial charge is 0.392 e. The highest BCUT2D eigenvalue weighted by Gasteiger charge is 2.43. The molecule has 0 radical (unpaired) electrons. The van der Waals surface area contributed by atoms with Gasteiger partial charge in [0.25, 0.3) is 0 Å². The molecule has 3 saturated heterocycles. The Hall–Kier alpha value is -2.62. The highest BCUT2D eigenvalue weighted by atomic mass is 16.7. The number of aliphatic hydroxyl groups excluding tert-OH is 1. The van der Waals surface area contributed by atoms with E-state index in [1.54, 1.807) is 0 Å². The van der Waals surface area contributed by atoms with E-state index in [-0.39, 0.29) is 30.5 Å². The number of nitrogens with two attached hydrogens (primary N) is 1. The number of hydrogen-bond acceptors (Lipinski definition) is 7. The third-order valence-corrected chi connectivity index (χ3v) is 8.72. The number of hydrogen-bond donors (Lipinski definition) is 2. The van der Waals surface area contributed by atoms with Gasteiger partial charge in [-0.3, -0.25) is 0 Å². The Bertz CT molecular complexity index is 1250. The average molecular weight is 545 g/mol. The van der Waals surface area contributed by atoms with Gasteiger partial charge in [-0.1, -0.05) is 79.7 Å². The summed E-state index contributed by atoms with van der Waals surface area (Å²) in [5.41, 5.74) is 12.4. The Kier molecular flexibility index (Phi) is 8.32. The number of nitrogens with zero attached hydrogens (tertiary/aromatic N) is 1. The molecule has 3 aromatic carbocycles. The number of rotatable bonds is 7. The Morgan fingerprint density at radius 2 is 1.55 bits per heavy atom. The normalized spacial score (nSPS) is 26.8. The summed E-state index contributed by atoms with van der Waals surface area (Å²) >= 11 is 0. The minimum atomic E-state index is -0.486. The van der Waals surface area contributed by atoms with E-state index in [0.29, 0.717) is 19.8 Å². The molecule has 7 nitrogen and oxygen atoms in total. The fourth-order valence-corrected chi connectivity index (χ4v) is 6.24. The van der Waals surface area contributed by atoms with Gasteiger partial charge in [0.05, 0.1) is 32.0 Å². The summed E-state index contributed by atoms with van der Waals surface area (Å²) in [5, 5.41) is 9.54. The quantitative estimate of drug-likeness (QED) is 0.436. The molecule has 4 atom stereocenters. The molecule has 0 amide bonds. The molecule has 6 rings (SSSR count). The van der Waals surface area contributed by atoms with Crippen LogP contribution in [0.5, 0.6) is 0 Å². The van der Waals surface area contributed by atoms with Crippen LogP contribution in [0.2, 0.25) is 0 Å². The van der Waals surface area contributed by atoms with Crippen molar-refractivity contribution < 1.29 is 24.1 Å². The maximum atomic E-state index is 9.54. The lowest BCUT2D eigenvalue weighted by molar-refractivity contribution is -0.278. The monoisotopic (exact) mass is 544 g/mol. The Morgan fingerprint density at radius 3 is 2.23 bits per heavy atom. The zero-order valence-corrected chi connectivity index (χ0v) is 23.2. The van der Waals surface area contributed by atoms with Crippen LogP contribution in [-0.4, -0.2) is 54.7 Å². The molecular weight excluding hydrogens is 504 g/mol. The Balaban J connectivity index is 1.23. The van der Waals surface area contributed by atoms with Crippen molar-refractivity contribution in [1.29, 1.82) is 0 Å². The van der Waals surface area contributed by atoms with E-state index in [1.165, 1.54) is 0 Å². The molecule has 3 N–H and O–H groups in total. The van der Waals surface area contributed by atoms with Gasteiger partial charge in [0.1, 0.15) is 0 Å². The molecule has 3 aliphatic rings. The predicted octanol–water partition coefficient (Wildman–Crippen LogP) is 4.93. The van der Waals surface area contributed by atoms with Gasteiger partial charge in [0.15, 0.2) is 12.1 Å². The van der Waals surface area contributed by atoms with Crippen molar-refractivity contribution in [2.24, 2.45) is 11.7 Å². The van der Waals surface area contributed by atoms with Gasteiger partial charge < -0.3 is 34.7 Å². The van der Waals surface area contributed by atoms with Crippen LogP contribution < -0.4 is 5.73 Å². The molecule has 3 aromatic rings. The first-order valence-corrected chi connectivity index (χ1v) is 14.5. The number of piperidine rings is 1. The van der Waals surface area contributed by atoms with Gasteiger partial charge in [-0.15, -0.1) is 0 Å². The predicted molar refractivity (Wildman–Crippen MR) is 153 cm³/mol. The molecule has 40 heavy (non-hydrogen) atoms. The van der Waals surface area contributed by atoms with Crippen molar-refractivity contribution in [3.63, 3.8) is 0 Å². The molecule has 0 unspecified atom stereocenters. The van der Waals surface area contributed by atoms with Gasteiger partial charge in [-0.05, 0) is 27.8 Å². The molecule has 0 saturated carbocycles. The molecule has 212 valence electrons. The standard InChI is InChI=1S/C33H40N2O5/c1-23-30(21-35-16-14-33(15-17-35)37-18-19-38-33)39-32(40-31(23)26-8-6-24(22-36)7-9-26)27-12-10-25(11-13-27)29-5-3-2-4-28(29)20-34/h2-13,23,30-32,36H,14-22,34H2,1H3/t23-,30+,31+,32+/m1/s1. The van der Waals surface area contributed by atoms with Gasteiger partial charge in [-0.2, -0.15) is 0 Å². The van der Waals surface area contributed by atoms with Crippen LogP contribution in [0, 0.1) is 5.92 Å². The van der Waals surface area contributed by atoms with Crippen molar-refractivity contribution in [1.82, 2.24) is 4.90 Å². The van der Waals surface area contributed by atoms with Gasteiger partial charge in [-0.25, -0.2) is 0 Å². The van der Waals surface area contributed by atoms with Gasteiger partial charge in [0.2, 0.25) is 0 Å². The average Bonchev–Trinajstić information content (AvgIpc) is 3.47. The van der Waals surface area contributed by atoms with Crippen molar-refractivity contribution in [2.45, 2.75) is 57.2 Å². The lowest BCUT2D eigenvalue weighted by Gasteiger charge is -2.44. The van der Waals surface area contributed by atoms with E-state index in [4.69, 9.17) is 24.7 Å². The zero-order valence-electron chi connectivity index (χ0n) is 23.2. The van der Waals surface area contributed by atoms with Crippen LogP contribution in [-0.2, 0) is 32.1 Å². The highest BCUT2D eigenvalue weighted by molar-refractivity contribution is 5.67. The second-order valence-electron chi connectivity index (χ2n) is 11.2. The molecule has 1 spiro atoms. The van der Waals surface area contributed by atoms with E-state index >= 15 is 0 Å². The Labute approximate surface area is 236 Å². The molecular formula is C33H40N2O5. The minimum absolute atomic E-state index is 0.0154. The second kappa shape index (κ2) is 12.1. The lowest BCUT2D eigenvalue weighted by Crippen LogP contribution is -2.50. The number of aliphatic hydroxyl groups is 1. The molecule has 3 fully saturated rings. The topological polar surface area (TPSA) is 86.4 Å². The highest BCUT2D eigenvalue weighted by Crippen LogP contribution is 2.43. The fraction of sp³-hybridized carbons (Fsp3) is 0.455. The lowest BCUT2D eigenvalue weighted by atomic mass is 9.89. The van der Waals surface area contributed by atoms with Crippen LogP contribution in [0.15, 0.2) is 72.8 Å². The SMILES string of the molecule is C[C@@H]1[C@H](CN2CCC3(CC2)OCCO3)O[C@H](c2ccc(-c3ccccc3CN)cc2)O[C@@H]1c1ccc(CO)cc1. The summed E-state index contributed by atoms with van der Waals surface area (Å²) in [6.07, 6.45) is 1.13. The van der Waals surface area contributed by atoms with E-state index in [2.05, 4.69) is 60.4 Å². The zero-order chi connectivity index (χ0) is 27.5. The van der Waals surface area contributed by atoms with Crippen molar-refractivity contribution >= 4 is 0 Å². The summed E-state index contributed by atoms with van der Waals surface area (Å²) in [4.78, 5) is 2.47. The maximum absolute atomic E-state index is 9.54. The Morgan fingerprint density at radius 1 is 0.875 bits per heavy atom. The van der Waals surface area contributed by atoms with Crippen LogP contribution >= 0.6 is 0 Å². The van der Waals surface area contributed by atoms with E-state index in [9.17, 15) is 5.11 Å². The van der Waals surface area contributed by atoms with E-state index in [1.807, 2.05) is 24.3 Å². The first-order valence-electron chi connectivity index (χ1n) is 14.5. The van der Waals surface area contributed by atoms with Crippen LogP contribution in [0.1, 0.15) is 54.4 Å². The van der Waals surface area contributed by atoms with Crippen molar-refractivity contribution in [2.75, 3.05) is 32.8 Å². The first kappa shape index (κ1) is 27.5.